The van der Waals surface area contributed by atoms with Crippen molar-refractivity contribution in [3.8, 4) is 0 Å². The monoisotopic (exact) mass is 649 g/mol. The van der Waals surface area contributed by atoms with Gasteiger partial charge in [-0.1, -0.05) is 61.5 Å². The largest absolute Gasteiger partial charge is 0.466 e. The molecular formula is C36H38F3N3O5. The number of hydrogen-bond donors (Lipinski definition) is 1. The number of carbonyl (C=O) groups excluding carboxylic acids is 3. The summed E-state index contributed by atoms with van der Waals surface area (Å²) in [5, 5.41) is 8.25. The van der Waals surface area contributed by atoms with Gasteiger partial charge in [-0.05, 0) is 81.0 Å². The molecule has 1 heterocycles. The number of ether oxygens (including phenoxy) is 2. The van der Waals surface area contributed by atoms with Gasteiger partial charge in [-0.3, -0.25) is 14.4 Å². The number of anilines is 1. The minimum Gasteiger partial charge on any atom is -0.466 e. The average Bonchev–Trinajstić information content (AvgIpc) is 3.79. The maximum absolute atomic E-state index is 14.0. The molecule has 3 aromatic carbocycles. The molecule has 0 saturated heterocycles. The fraction of sp³-hybridized carbons (Fsp3) is 0.389. The van der Waals surface area contributed by atoms with Crippen LogP contribution in [0.3, 0.4) is 0 Å². The lowest BCUT2D eigenvalue weighted by Gasteiger charge is -2.27. The molecule has 248 valence electrons. The van der Waals surface area contributed by atoms with Crippen molar-refractivity contribution in [1.82, 2.24) is 5.01 Å². The van der Waals surface area contributed by atoms with Gasteiger partial charge in [0.05, 0.1) is 23.8 Å². The van der Waals surface area contributed by atoms with Gasteiger partial charge in [0.25, 0.3) is 5.91 Å². The Bertz CT molecular complexity index is 1640. The van der Waals surface area contributed by atoms with Gasteiger partial charge in [-0.15, -0.1) is 5.10 Å². The third kappa shape index (κ3) is 8.38. The minimum atomic E-state index is -4.64. The summed E-state index contributed by atoms with van der Waals surface area (Å²) in [5.41, 5.74) is 1.35. The van der Waals surface area contributed by atoms with Crippen LogP contribution in [-0.4, -0.2) is 47.1 Å². The van der Waals surface area contributed by atoms with Crippen molar-refractivity contribution < 1.29 is 37.0 Å². The molecule has 11 heteroatoms. The number of nitrogens with one attached hydrogen (secondary N) is 1. The quantitative estimate of drug-likeness (QED) is 0.239. The van der Waals surface area contributed by atoms with E-state index in [1.807, 2.05) is 45.0 Å². The zero-order valence-electron chi connectivity index (χ0n) is 26.8. The highest BCUT2D eigenvalue weighted by molar-refractivity contribution is 5.98. The van der Waals surface area contributed by atoms with Crippen LogP contribution in [0.2, 0.25) is 0 Å². The van der Waals surface area contributed by atoms with Crippen LogP contribution in [-0.2, 0) is 36.8 Å². The summed E-state index contributed by atoms with van der Waals surface area (Å²) >= 11 is 0. The number of hydrazone groups is 1. The van der Waals surface area contributed by atoms with Crippen LogP contribution < -0.4 is 5.32 Å². The summed E-state index contributed by atoms with van der Waals surface area (Å²) in [6.45, 7) is 6.29. The molecule has 0 aromatic heterocycles. The van der Waals surface area contributed by atoms with Crippen LogP contribution >= 0.6 is 0 Å². The third-order valence-electron chi connectivity index (χ3n) is 8.24. The molecule has 2 atom stereocenters. The number of esters is 1. The molecule has 0 radical (unpaired) electrons. The van der Waals surface area contributed by atoms with Crippen LogP contribution in [0, 0.1) is 11.3 Å². The summed E-state index contributed by atoms with van der Waals surface area (Å²) in [4.78, 5) is 38.8. The lowest BCUT2D eigenvalue weighted by atomic mass is 9.85. The van der Waals surface area contributed by atoms with Gasteiger partial charge in [-0.25, -0.2) is 5.01 Å². The number of nitrogens with zero attached hydrogens (tertiary/aromatic N) is 2. The molecule has 47 heavy (non-hydrogen) atoms. The van der Waals surface area contributed by atoms with E-state index in [0.717, 1.165) is 12.5 Å². The molecule has 2 aliphatic rings. The van der Waals surface area contributed by atoms with Crippen molar-refractivity contribution in [2.24, 2.45) is 16.4 Å². The second-order valence-electron chi connectivity index (χ2n) is 13.2. The van der Waals surface area contributed by atoms with Crippen molar-refractivity contribution >= 4 is 29.4 Å². The highest BCUT2D eigenvalue weighted by Crippen LogP contribution is 2.50. The maximum atomic E-state index is 14.0. The number of carbonyl (C=O) groups is 3. The Labute approximate surface area is 271 Å². The van der Waals surface area contributed by atoms with Gasteiger partial charge in [0.15, 0.2) is 6.61 Å². The second-order valence-corrected chi connectivity index (χ2v) is 13.2. The summed E-state index contributed by atoms with van der Waals surface area (Å²) < 4.78 is 53.2. The van der Waals surface area contributed by atoms with Crippen LogP contribution in [0.25, 0.3) is 0 Å². The lowest BCUT2D eigenvalue weighted by Crippen LogP contribution is -2.36. The minimum absolute atomic E-state index is 0.0715. The molecule has 5 rings (SSSR count). The Kier molecular flexibility index (Phi) is 9.47. The molecule has 2 unspecified atom stereocenters. The van der Waals surface area contributed by atoms with Gasteiger partial charge < -0.3 is 14.8 Å². The van der Waals surface area contributed by atoms with E-state index in [4.69, 9.17) is 9.47 Å². The summed E-state index contributed by atoms with van der Waals surface area (Å²) in [5.74, 6) is -4.69. The molecule has 0 bridgehead atoms. The molecule has 1 saturated carbocycles. The van der Waals surface area contributed by atoms with Gasteiger partial charge >= 0.3 is 12.1 Å². The van der Waals surface area contributed by atoms with Crippen LogP contribution in [0.4, 0.5) is 18.9 Å². The van der Waals surface area contributed by atoms with E-state index in [-0.39, 0.29) is 30.6 Å². The van der Waals surface area contributed by atoms with Crippen molar-refractivity contribution in [3.63, 3.8) is 0 Å². The first kappa shape index (κ1) is 33.7. The van der Waals surface area contributed by atoms with Crippen LogP contribution in [0.5, 0.6) is 0 Å². The van der Waals surface area contributed by atoms with Gasteiger partial charge in [0, 0.05) is 11.3 Å². The fourth-order valence-electron chi connectivity index (χ4n) is 5.46. The average molecular weight is 650 g/mol. The van der Waals surface area contributed by atoms with E-state index in [1.54, 1.807) is 42.5 Å². The zero-order chi connectivity index (χ0) is 34.0. The summed E-state index contributed by atoms with van der Waals surface area (Å²) in [6, 6.07) is 22.0. The number of alkyl halides is 3. The van der Waals surface area contributed by atoms with E-state index >= 15 is 0 Å². The van der Waals surface area contributed by atoms with Crippen molar-refractivity contribution in [3.05, 3.63) is 101 Å². The van der Waals surface area contributed by atoms with E-state index in [1.165, 1.54) is 17.1 Å². The molecule has 2 amide bonds. The molecule has 1 N–H and O–H groups in total. The topological polar surface area (TPSA) is 97.3 Å². The highest BCUT2D eigenvalue weighted by Gasteiger charge is 2.52. The smallest absolute Gasteiger partial charge is 0.392 e. The summed E-state index contributed by atoms with van der Waals surface area (Å²) in [6.07, 6.45) is -2.88. The van der Waals surface area contributed by atoms with E-state index in [9.17, 15) is 27.6 Å². The molecule has 0 spiro atoms. The molecular weight excluding hydrogens is 611 g/mol. The first-order chi connectivity index (χ1) is 22.1. The molecule has 8 nitrogen and oxygen atoms in total. The van der Waals surface area contributed by atoms with Gasteiger partial charge in [0.1, 0.15) is 5.60 Å². The van der Waals surface area contributed by atoms with Gasteiger partial charge in [0.2, 0.25) is 11.8 Å². The third-order valence-corrected chi connectivity index (χ3v) is 8.24. The van der Waals surface area contributed by atoms with Crippen molar-refractivity contribution in [2.75, 3.05) is 11.9 Å². The number of amides is 2. The molecule has 3 aromatic rings. The van der Waals surface area contributed by atoms with E-state index in [0.29, 0.717) is 42.0 Å². The first-order valence-electron chi connectivity index (χ1n) is 15.5. The predicted molar refractivity (Wildman–Crippen MR) is 170 cm³/mol. The number of rotatable bonds is 10. The SMILES string of the molecule is CC(C(C(=O)Nc1cccc(CC2(C(=O)OC(C)(C)C)CC2)c1)c1ccc(CN2N=C(c3ccccc3)OCC2=O)cc1)C(F)(F)F. The Balaban J connectivity index is 1.31. The van der Waals surface area contributed by atoms with Crippen LogP contribution in [0.15, 0.2) is 84.0 Å². The van der Waals surface area contributed by atoms with Gasteiger partial charge in [-0.2, -0.15) is 13.2 Å². The normalized spacial score (nSPS) is 17.2. The highest BCUT2D eigenvalue weighted by atomic mass is 19.4. The first-order valence-corrected chi connectivity index (χ1v) is 15.5. The molecule has 1 aliphatic carbocycles. The standard InChI is InChI=1S/C36H38F3N3O5/c1-23(36(37,38)39)30(31(44)40-28-12-8-9-25(19-28)20-35(17-18-35)33(45)47-34(2,3)4)26-15-13-24(14-16-26)21-42-29(43)22-46-32(41-42)27-10-6-5-7-11-27/h5-16,19,23,30H,17-18,20-22H2,1-4H3,(H,40,44). The number of halogens is 3. The lowest BCUT2D eigenvalue weighted by molar-refractivity contribution is -0.178. The Morgan fingerprint density at radius 2 is 1.66 bits per heavy atom. The zero-order valence-corrected chi connectivity index (χ0v) is 26.8. The Morgan fingerprint density at radius 1 is 0.979 bits per heavy atom. The second kappa shape index (κ2) is 13.2. The molecule has 1 fully saturated rings. The van der Waals surface area contributed by atoms with Crippen LogP contribution in [0.1, 0.15) is 68.7 Å². The number of hydrogen-bond acceptors (Lipinski definition) is 6. The van der Waals surface area contributed by atoms with E-state index < -0.39 is 34.9 Å². The maximum Gasteiger partial charge on any atom is 0.392 e. The van der Waals surface area contributed by atoms with Crippen molar-refractivity contribution in [2.45, 2.75) is 71.2 Å². The fourth-order valence-corrected chi connectivity index (χ4v) is 5.46. The Morgan fingerprint density at radius 3 is 2.28 bits per heavy atom. The number of benzene rings is 3. The van der Waals surface area contributed by atoms with Crippen molar-refractivity contribution in [1.29, 1.82) is 0 Å². The Hall–Kier alpha value is -4.67. The summed E-state index contributed by atoms with van der Waals surface area (Å²) in [7, 11) is 0. The van der Waals surface area contributed by atoms with E-state index in [2.05, 4.69) is 10.4 Å². The molecule has 1 aliphatic heterocycles. The predicted octanol–water partition coefficient (Wildman–Crippen LogP) is 6.99.